The molecule has 0 aromatic heterocycles. The van der Waals surface area contributed by atoms with Crippen molar-refractivity contribution in [2.45, 2.75) is 44.8 Å². The maximum absolute atomic E-state index is 11.4. The minimum atomic E-state index is -0.740. The highest BCUT2D eigenvalue weighted by Gasteiger charge is 2.27. The first-order valence-corrected chi connectivity index (χ1v) is 7.38. The predicted octanol–water partition coefficient (Wildman–Crippen LogP) is 2.39. The molecule has 1 aromatic carbocycles. The highest BCUT2D eigenvalue weighted by atomic mass is 16.6. The Kier molecular flexibility index (Phi) is 5.14. The lowest BCUT2D eigenvalue weighted by molar-refractivity contribution is -0.384. The second kappa shape index (κ2) is 6.87. The van der Waals surface area contributed by atoms with Gasteiger partial charge in [-0.15, -0.1) is 0 Å². The topological polar surface area (TPSA) is 86.8 Å². The molecule has 1 aliphatic rings. The lowest BCUT2D eigenvalue weighted by atomic mass is 10.1. The van der Waals surface area contributed by atoms with Gasteiger partial charge in [-0.3, -0.25) is 10.1 Å². The van der Waals surface area contributed by atoms with Crippen molar-refractivity contribution in [2.75, 3.05) is 18.1 Å². The first-order valence-electron chi connectivity index (χ1n) is 7.38. The zero-order chi connectivity index (χ0) is 15.4. The Balaban J connectivity index is 2.42. The number of anilines is 1. The van der Waals surface area contributed by atoms with Crippen LogP contribution >= 0.6 is 0 Å². The summed E-state index contributed by atoms with van der Waals surface area (Å²) in [6.07, 6.45) is 3.17. The van der Waals surface area contributed by atoms with Gasteiger partial charge in [0, 0.05) is 12.6 Å². The number of nitro benzene ring substituents is 1. The molecule has 6 heteroatoms. The van der Waals surface area contributed by atoms with Crippen molar-refractivity contribution in [3.05, 3.63) is 33.9 Å². The molecule has 0 spiro atoms. The van der Waals surface area contributed by atoms with E-state index in [9.17, 15) is 20.3 Å². The van der Waals surface area contributed by atoms with Gasteiger partial charge in [-0.25, -0.2) is 0 Å². The van der Waals surface area contributed by atoms with Gasteiger partial charge >= 0.3 is 0 Å². The molecule has 2 atom stereocenters. The van der Waals surface area contributed by atoms with Crippen LogP contribution in [0.1, 0.15) is 44.3 Å². The van der Waals surface area contributed by atoms with Crippen LogP contribution in [0.3, 0.4) is 0 Å². The zero-order valence-electron chi connectivity index (χ0n) is 12.2. The van der Waals surface area contributed by atoms with Gasteiger partial charge in [-0.1, -0.05) is 18.9 Å². The van der Waals surface area contributed by atoms with Crippen molar-refractivity contribution in [1.82, 2.24) is 0 Å². The maximum Gasteiger partial charge on any atom is 0.292 e. The summed E-state index contributed by atoms with van der Waals surface area (Å²) >= 11 is 0. The average molecular weight is 294 g/mol. The van der Waals surface area contributed by atoms with Crippen LogP contribution in [0.4, 0.5) is 11.4 Å². The van der Waals surface area contributed by atoms with E-state index in [1.54, 1.807) is 19.1 Å². The summed E-state index contributed by atoms with van der Waals surface area (Å²) in [5, 5.41) is 30.5. The number of aliphatic hydroxyl groups excluding tert-OH is 2. The molecule has 0 saturated carbocycles. The average Bonchev–Trinajstić information content (AvgIpc) is 2.71. The third-order valence-electron chi connectivity index (χ3n) is 4.08. The van der Waals surface area contributed by atoms with Gasteiger partial charge in [0.15, 0.2) is 0 Å². The quantitative estimate of drug-likeness (QED) is 0.657. The fraction of sp³-hybridized carbons (Fsp3) is 0.600. The monoisotopic (exact) mass is 294 g/mol. The number of rotatable bonds is 4. The Morgan fingerprint density at radius 3 is 2.81 bits per heavy atom. The Bertz CT molecular complexity index is 504. The Labute approximate surface area is 124 Å². The van der Waals surface area contributed by atoms with Crippen LogP contribution in [0.2, 0.25) is 0 Å². The van der Waals surface area contributed by atoms with E-state index in [-0.39, 0.29) is 18.3 Å². The molecule has 1 aliphatic heterocycles. The molecule has 2 rings (SSSR count). The summed E-state index contributed by atoms with van der Waals surface area (Å²) in [6, 6.07) is 4.75. The largest absolute Gasteiger partial charge is 0.394 e. The SMILES string of the molecule is CC(O)c1ccc(N2CCCCCC2CO)c([N+](=O)[O-])c1. The Morgan fingerprint density at radius 1 is 1.43 bits per heavy atom. The van der Waals surface area contributed by atoms with E-state index < -0.39 is 11.0 Å². The van der Waals surface area contributed by atoms with E-state index in [2.05, 4.69) is 0 Å². The molecule has 0 bridgehead atoms. The van der Waals surface area contributed by atoms with Crippen molar-refractivity contribution in [2.24, 2.45) is 0 Å². The van der Waals surface area contributed by atoms with Crippen molar-refractivity contribution in [1.29, 1.82) is 0 Å². The van der Waals surface area contributed by atoms with Crippen molar-refractivity contribution in [3.8, 4) is 0 Å². The molecule has 1 aromatic rings. The van der Waals surface area contributed by atoms with Gasteiger partial charge in [0.05, 0.1) is 23.7 Å². The minimum absolute atomic E-state index is 0.00465. The number of aliphatic hydroxyl groups is 2. The summed E-state index contributed by atoms with van der Waals surface area (Å²) in [6.45, 7) is 2.29. The van der Waals surface area contributed by atoms with Crippen LogP contribution in [-0.2, 0) is 0 Å². The van der Waals surface area contributed by atoms with Gasteiger partial charge in [-0.05, 0) is 31.4 Å². The zero-order valence-corrected chi connectivity index (χ0v) is 12.2. The van der Waals surface area contributed by atoms with Crippen molar-refractivity contribution >= 4 is 11.4 Å². The predicted molar refractivity (Wildman–Crippen MR) is 80.4 cm³/mol. The second-order valence-corrected chi connectivity index (χ2v) is 5.56. The molecule has 116 valence electrons. The van der Waals surface area contributed by atoms with E-state index in [1.807, 2.05) is 4.90 Å². The van der Waals surface area contributed by atoms with E-state index in [1.165, 1.54) is 6.07 Å². The number of hydrogen-bond donors (Lipinski definition) is 2. The van der Waals surface area contributed by atoms with E-state index in [0.29, 0.717) is 17.8 Å². The van der Waals surface area contributed by atoms with Crippen LogP contribution < -0.4 is 4.90 Å². The first kappa shape index (κ1) is 15.7. The van der Waals surface area contributed by atoms with Gasteiger partial charge in [0.25, 0.3) is 5.69 Å². The fourth-order valence-electron chi connectivity index (χ4n) is 2.87. The van der Waals surface area contributed by atoms with E-state index in [4.69, 9.17) is 0 Å². The smallest absolute Gasteiger partial charge is 0.292 e. The Morgan fingerprint density at radius 2 is 2.19 bits per heavy atom. The van der Waals surface area contributed by atoms with Crippen LogP contribution in [-0.4, -0.2) is 34.3 Å². The number of hydrogen-bond acceptors (Lipinski definition) is 5. The highest BCUT2D eigenvalue weighted by Crippen LogP contribution is 2.34. The second-order valence-electron chi connectivity index (χ2n) is 5.56. The summed E-state index contributed by atoms with van der Waals surface area (Å²) in [5.41, 5.74) is 1.06. The number of nitro groups is 1. The van der Waals surface area contributed by atoms with Crippen LogP contribution in [0, 0.1) is 10.1 Å². The van der Waals surface area contributed by atoms with Crippen LogP contribution in [0.25, 0.3) is 0 Å². The molecule has 6 nitrogen and oxygen atoms in total. The van der Waals surface area contributed by atoms with Gasteiger partial charge in [0.1, 0.15) is 5.69 Å². The van der Waals surface area contributed by atoms with Gasteiger partial charge < -0.3 is 15.1 Å². The van der Waals surface area contributed by atoms with E-state index >= 15 is 0 Å². The summed E-state index contributed by atoms with van der Waals surface area (Å²) in [7, 11) is 0. The molecule has 0 aliphatic carbocycles. The Hall–Kier alpha value is -1.66. The number of benzene rings is 1. The van der Waals surface area contributed by atoms with Crippen LogP contribution in [0.5, 0.6) is 0 Å². The number of nitrogens with zero attached hydrogens (tertiary/aromatic N) is 2. The molecular weight excluding hydrogens is 272 g/mol. The maximum atomic E-state index is 11.4. The van der Waals surface area contributed by atoms with Gasteiger partial charge in [-0.2, -0.15) is 0 Å². The lowest BCUT2D eigenvalue weighted by Gasteiger charge is -2.30. The van der Waals surface area contributed by atoms with E-state index in [0.717, 1.165) is 25.7 Å². The normalized spacial score (nSPS) is 20.9. The van der Waals surface area contributed by atoms with Crippen molar-refractivity contribution < 1.29 is 15.1 Å². The first-order chi connectivity index (χ1) is 10.0. The minimum Gasteiger partial charge on any atom is -0.394 e. The standard InChI is InChI=1S/C15H22N2O4/c1-11(19)12-6-7-14(15(9-12)17(20)21)16-8-4-2-3-5-13(16)10-18/h6-7,9,11,13,18-19H,2-5,8,10H2,1H3. The molecule has 2 unspecified atom stereocenters. The third kappa shape index (κ3) is 3.51. The highest BCUT2D eigenvalue weighted by molar-refractivity contribution is 5.65. The summed E-state index contributed by atoms with van der Waals surface area (Å²) in [5.74, 6) is 0. The third-order valence-corrected chi connectivity index (χ3v) is 4.08. The van der Waals surface area contributed by atoms with Crippen LogP contribution in [0.15, 0.2) is 18.2 Å². The molecule has 2 N–H and O–H groups in total. The molecule has 0 radical (unpaired) electrons. The van der Waals surface area contributed by atoms with Gasteiger partial charge in [0.2, 0.25) is 0 Å². The molecule has 0 amide bonds. The molecule has 1 heterocycles. The van der Waals surface area contributed by atoms with Crippen molar-refractivity contribution in [3.63, 3.8) is 0 Å². The molecule has 21 heavy (non-hydrogen) atoms. The summed E-state index contributed by atoms with van der Waals surface area (Å²) in [4.78, 5) is 12.9. The molecular formula is C15H22N2O4. The summed E-state index contributed by atoms with van der Waals surface area (Å²) < 4.78 is 0. The molecule has 1 saturated heterocycles. The lowest BCUT2D eigenvalue weighted by Crippen LogP contribution is -2.38. The fourth-order valence-corrected chi connectivity index (χ4v) is 2.87. The molecule has 1 fully saturated rings.